The molecule has 0 aromatic carbocycles. The first-order valence-electron chi connectivity index (χ1n) is 9.90. The second kappa shape index (κ2) is 9.64. The number of ether oxygens (including phenoxy) is 1. The molecule has 8 heteroatoms. The number of aliphatic carboxylic acids is 1. The molecule has 3 aliphatic heterocycles. The fourth-order valence-corrected chi connectivity index (χ4v) is 4.21. The molecule has 0 atom stereocenters. The lowest BCUT2D eigenvalue weighted by Crippen LogP contribution is -2.54. The number of nitrogens with one attached hydrogen (secondary N) is 1. The number of piperazine rings is 1. The average Bonchev–Trinajstić information content (AvgIpc) is 2.68. The van der Waals surface area contributed by atoms with Crippen LogP contribution in [0, 0.1) is 0 Å². The second-order valence-electron chi connectivity index (χ2n) is 7.58. The van der Waals surface area contributed by atoms with Gasteiger partial charge in [-0.1, -0.05) is 0 Å². The van der Waals surface area contributed by atoms with Crippen LogP contribution in [0.25, 0.3) is 0 Å². The molecular weight excluding hydrogens is 336 g/mol. The topological polar surface area (TPSA) is 85.3 Å². The van der Waals surface area contributed by atoms with Crippen molar-refractivity contribution in [1.82, 2.24) is 20.0 Å². The lowest BCUT2D eigenvalue weighted by Gasteiger charge is -2.41. The standard InChI is InChI=1S/C18H32N4O4/c23-17(22-7-3-16(4-8-22)26-14-18(24)25)13-20-9-11-21(12-10-20)15-1-5-19-6-2-15/h15-16,19H,1-14H2,(H,24,25). The quantitative estimate of drug-likeness (QED) is 0.651. The Labute approximate surface area is 155 Å². The van der Waals surface area contributed by atoms with E-state index in [1.54, 1.807) is 0 Å². The summed E-state index contributed by atoms with van der Waals surface area (Å²) in [5, 5.41) is 12.1. The van der Waals surface area contributed by atoms with Gasteiger partial charge < -0.3 is 20.1 Å². The monoisotopic (exact) mass is 368 g/mol. The highest BCUT2D eigenvalue weighted by molar-refractivity contribution is 5.78. The zero-order valence-electron chi connectivity index (χ0n) is 15.6. The molecule has 26 heavy (non-hydrogen) atoms. The first kappa shape index (κ1) is 19.5. The van der Waals surface area contributed by atoms with Crippen LogP contribution in [0.15, 0.2) is 0 Å². The molecule has 0 unspecified atom stereocenters. The molecule has 3 rings (SSSR count). The minimum atomic E-state index is -0.938. The van der Waals surface area contributed by atoms with Gasteiger partial charge in [0.1, 0.15) is 6.61 Å². The lowest BCUT2D eigenvalue weighted by molar-refractivity contribution is -0.147. The number of carboxylic acids is 1. The van der Waals surface area contributed by atoms with E-state index in [-0.39, 0.29) is 18.6 Å². The first-order valence-corrected chi connectivity index (χ1v) is 9.90. The predicted octanol–water partition coefficient (Wildman–Crippen LogP) is -0.552. The number of carbonyl (C=O) groups is 2. The summed E-state index contributed by atoms with van der Waals surface area (Å²) in [7, 11) is 0. The number of piperidine rings is 2. The smallest absolute Gasteiger partial charge is 0.329 e. The van der Waals surface area contributed by atoms with Crippen LogP contribution >= 0.6 is 0 Å². The third kappa shape index (κ3) is 5.64. The van der Waals surface area contributed by atoms with Gasteiger partial charge >= 0.3 is 5.97 Å². The summed E-state index contributed by atoms with van der Waals surface area (Å²) in [6.45, 7) is 7.87. The maximum atomic E-state index is 12.5. The Morgan fingerprint density at radius 3 is 2.23 bits per heavy atom. The van der Waals surface area contributed by atoms with Gasteiger partial charge in [-0.05, 0) is 38.8 Å². The summed E-state index contributed by atoms with van der Waals surface area (Å²) < 4.78 is 5.33. The van der Waals surface area contributed by atoms with E-state index >= 15 is 0 Å². The Bertz CT molecular complexity index is 468. The van der Waals surface area contributed by atoms with Crippen molar-refractivity contribution in [3.05, 3.63) is 0 Å². The first-order chi connectivity index (χ1) is 12.6. The predicted molar refractivity (Wildman–Crippen MR) is 97.1 cm³/mol. The van der Waals surface area contributed by atoms with Gasteiger partial charge in [-0.15, -0.1) is 0 Å². The molecule has 0 saturated carbocycles. The maximum absolute atomic E-state index is 12.5. The summed E-state index contributed by atoms with van der Waals surface area (Å²) in [6, 6.07) is 0.707. The summed E-state index contributed by atoms with van der Waals surface area (Å²) in [5.74, 6) is -0.746. The van der Waals surface area contributed by atoms with Crippen molar-refractivity contribution in [2.24, 2.45) is 0 Å². The van der Waals surface area contributed by atoms with Crippen LogP contribution in [-0.2, 0) is 14.3 Å². The van der Waals surface area contributed by atoms with Crippen LogP contribution < -0.4 is 5.32 Å². The van der Waals surface area contributed by atoms with Gasteiger partial charge in [0.15, 0.2) is 0 Å². The molecule has 2 N–H and O–H groups in total. The van der Waals surface area contributed by atoms with Crippen LogP contribution in [0.1, 0.15) is 25.7 Å². The molecule has 8 nitrogen and oxygen atoms in total. The summed E-state index contributed by atoms with van der Waals surface area (Å²) in [4.78, 5) is 29.9. The van der Waals surface area contributed by atoms with Crippen molar-refractivity contribution < 1.29 is 19.4 Å². The van der Waals surface area contributed by atoms with E-state index in [0.717, 1.165) is 52.1 Å². The highest BCUT2D eigenvalue weighted by Crippen LogP contribution is 2.16. The third-order valence-corrected chi connectivity index (χ3v) is 5.83. The van der Waals surface area contributed by atoms with Gasteiger partial charge in [-0.2, -0.15) is 0 Å². The molecule has 3 heterocycles. The summed E-state index contributed by atoms with van der Waals surface area (Å²) in [6.07, 6.45) is 3.88. The van der Waals surface area contributed by atoms with Crippen LogP contribution in [0.5, 0.6) is 0 Å². The summed E-state index contributed by atoms with van der Waals surface area (Å²) >= 11 is 0. The highest BCUT2D eigenvalue weighted by atomic mass is 16.5. The average molecular weight is 368 g/mol. The maximum Gasteiger partial charge on any atom is 0.329 e. The molecule has 0 spiro atoms. The highest BCUT2D eigenvalue weighted by Gasteiger charge is 2.28. The Morgan fingerprint density at radius 1 is 0.962 bits per heavy atom. The van der Waals surface area contributed by atoms with Gasteiger partial charge in [0.05, 0.1) is 12.6 Å². The molecule has 3 aliphatic rings. The van der Waals surface area contributed by atoms with Gasteiger partial charge in [0.2, 0.25) is 5.91 Å². The minimum absolute atomic E-state index is 0.0383. The van der Waals surface area contributed by atoms with E-state index in [1.807, 2.05) is 4.90 Å². The molecule has 0 aromatic rings. The number of hydrogen-bond acceptors (Lipinski definition) is 6. The largest absolute Gasteiger partial charge is 0.480 e. The molecular formula is C18H32N4O4. The molecule has 1 amide bonds. The van der Waals surface area contributed by atoms with E-state index in [1.165, 1.54) is 12.8 Å². The number of carbonyl (C=O) groups excluding carboxylic acids is 1. The molecule has 0 aromatic heterocycles. The van der Waals surface area contributed by atoms with Crippen molar-refractivity contribution in [2.75, 3.05) is 65.5 Å². The van der Waals surface area contributed by atoms with E-state index in [4.69, 9.17) is 9.84 Å². The Kier molecular flexibility index (Phi) is 7.24. The van der Waals surface area contributed by atoms with E-state index in [0.29, 0.717) is 25.7 Å². The Hall–Kier alpha value is -1.22. The molecule has 0 aliphatic carbocycles. The van der Waals surface area contributed by atoms with Gasteiger partial charge in [0.25, 0.3) is 0 Å². The summed E-state index contributed by atoms with van der Waals surface area (Å²) in [5.41, 5.74) is 0. The number of likely N-dealkylation sites (tertiary alicyclic amines) is 1. The van der Waals surface area contributed by atoms with Gasteiger partial charge in [0, 0.05) is 45.3 Å². The molecule has 3 fully saturated rings. The fourth-order valence-electron chi connectivity index (χ4n) is 4.21. The number of carboxylic acid groups (broad SMARTS) is 1. The van der Waals surface area contributed by atoms with Crippen molar-refractivity contribution in [3.8, 4) is 0 Å². The number of hydrogen-bond donors (Lipinski definition) is 2. The number of nitrogens with zero attached hydrogens (tertiary/aromatic N) is 3. The van der Waals surface area contributed by atoms with E-state index in [9.17, 15) is 9.59 Å². The van der Waals surface area contributed by atoms with E-state index in [2.05, 4.69) is 15.1 Å². The Morgan fingerprint density at radius 2 is 1.62 bits per heavy atom. The fraction of sp³-hybridized carbons (Fsp3) is 0.889. The van der Waals surface area contributed by atoms with Crippen LogP contribution in [0.2, 0.25) is 0 Å². The molecule has 0 bridgehead atoms. The van der Waals surface area contributed by atoms with Crippen molar-refractivity contribution in [3.63, 3.8) is 0 Å². The van der Waals surface area contributed by atoms with Gasteiger partial charge in [-0.25, -0.2) is 4.79 Å². The normalized spacial score (nSPS) is 24.7. The molecule has 148 valence electrons. The molecule has 3 saturated heterocycles. The van der Waals surface area contributed by atoms with Gasteiger partial charge in [-0.3, -0.25) is 14.6 Å². The zero-order chi connectivity index (χ0) is 18.4. The minimum Gasteiger partial charge on any atom is -0.480 e. The second-order valence-corrected chi connectivity index (χ2v) is 7.58. The van der Waals surface area contributed by atoms with E-state index < -0.39 is 5.97 Å². The van der Waals surface area contributed by atoms with Crippen LogP contribution in [0.3, 0.4) is 0 Å². The SMILES string of the molecule is O=C(O)COC1CCN(C(=O)CN2CCN(C3CCNCC3)CC2)CC1. The van der Waals surface area contributed by atoms with Crippen LogP contribution in [0.4, 0.5) is 0 Å². The van der Waals surface area contributed by atoms with Crippen molar-refractivity contribution in [2.45, 2.75) is 37.8 Å². The third-order valence-electron chi connectivity index (χ3n) is 5.83. The molecule has 0 radical (unpaired) electrons. The van der Waals surface area contributed by atoms with Crippen molar-refractivity contribution >= 4 is 11.9 Å². The Balaban J connectivity index is 1.33. The van der Waals surface area contributed by atoms with Crippen molar-refractivity contribution in [1.29, 1.82) is 0 Å². The lowest BCUT2D eigenvalue weighted by atomic mass is 10.0. The number of rotatable bonds is 6. The van der Waals surface area contributed by atoms with Crippen LogP contribution in [-0.4, -0.2) is 109 Å². The zero-order valence-corrected chi connectivity index (χ0v) is 15.6. The number of amides is 1.